The Morgan fingerprint density at radius 3 is 2.56 bits per heavy atom. The van der Waals surface area contributed by atoms with Crippen molar-refractivity contribution in [2.24, 2.45) is 0 Å². The van der Waals surface area contributed by atoms with E-state index in [1.54, 1.807) is 24.1 Å². The highest BCUT2D eigenvalue weighted by Gasteiger charge is 2.27. The van der Waals surface area contributed by atoms with Crippen molar-refractivity contribution >= 4 is 18.3 Å². The molecule has 0 unspecified atom stereocenters. The van der Waals surface area contributed by atoms with Crippen LogP contribution in [0.3, 0.4) is 0 Å². The Balaban J connectivity index is 0.00000128. The maximum absolute atomic E-state index is 13.3. The van der Waals surface area contributed by atoms with E-state index in [0.717, 1.165) is 13.1 Å². The number of nitrogens with zero attached hydrogens (tertiary/aromatic N) is 1. The first-order chi connectivity index (χ1) is 7.20. The van der Waals surface area contributed by atoms with E-state index in [9.17, 15) is 9.18 Å². The van der Waals surface area contributed by atoms with E-state index >= 15 is 0 Å². The van der Waals surface area contributed by atoms with Crippen LogP contribution in [0.4, 0.5) is 4.39 Å². The monoisotopic (exact) mass is 244 g/mol. The van der Waals surface area contributed by atoms with E-state index in [1.165, 1.54) is 12.1 Å². The number of carbonyl (C=O) groups excluding carboxylic acids is 1. The van der Waals surface area contributed by atoms with Gasteiger partial charge in [0.15, 0.2) is 0 Å². The van der Waals surface area contributed by atoms with E-state index in [0.29, 0.717) is 0 Å². The van der Waals surface area contributed by atoms with Crippen molar-refractivity contribution in [3.8, 4) is 0 Å². The molecule has 0 aromatic heterocycles. The second kappa shape index (κ2) is 5.27. The molecule has 1 aromatic rings. The highest BCUT2D eigenvalue weighted by atomic mass is 35.5. The summed E-state index contributed by atoms with van der Waals surface area (Å²) in [6.45, 7) is 1.58. The van der Waals surface area contributed by atoms with Gasteiger partial charge in [-0.3, -0.25) is 4.79 Å². The first-order valence-electron chi connectivity index (χ1n) is 4.92. The molecule has 1 aliphatic rings. The van der Waals surface area contributed by atoms with Gasteiger partial charge in [0.05, 0.1) is 11.6 Å². The van der Waals surface area contributed by atoms with Crippen molar-refractivity contribution in [3.63, 3.8) is 0 Å². The summed E-state index contributed by atoms with van der Waals surface area (Å²) in [5.74, 6) is -0.707. The van der Waals surface area contributed by atoms with Crippen molar-refractivity contribution in [1.29, 1.82) is 0 Å². The zero-order valence-corrected chi connectivity index (χ0v) is 9.76. The van der Waals surface area contributed by atoms with Crippen LogP contribution in [0.25, 0.3) is 0 Å². The molecule has 1 aromatic carbocycles. The quantitative estimate of drug-likeness (QED) is 0.850. The number of carbonyl (C=O) groups is 1. The van der Waals surface area contributed by atoms with Crippen LogP contribution in [-0.2, 0) is 0 Å². The summed E-state index contributed by atoms with van der Waals surface area (Å²) < 4.78 is 13.3. The third-order valence-corrected chi connectivity index (χ3v) is 2.73. The van der Waals surface area contributed by atoms with Crippen molar-refractivity contribution in [2.45, 2.75) is 6.04 Å². The molecule has 3 nitrogen and oxygen atoms in total. The highest BCUT2D eigenvalue weighted by Crippen LogP contribution is 2.12. The topological polar surface area (TPSA) is 32.3 Å². The first-order valence-corrected chi connectivity index (χ1v) is 4.92. The number of nitrogens with one attached hydrogen (secondary N) is 1. The molecule has 0 radical (unpaired) electrons. The maximum atomic E-state index is 13.3. The first kappa shape index (κ1) is 12.9. The molecule has 2 rings (SSSR count). The van der Waals surface area contributed by atoms with Gasteiger partial charge in [-0.1, -0.05) is 12.1 Å². The molecule has 0 saturated carbocycles. The van der Waals surface area contributed by atoms with Gasteiger partial charge in [0.2, 0.25) is 0 Å². The average molecular weight is 245 g/mol. The molecule has 1 aliphatic heterocycles. The van der Waals surface area contributed by atoms with Crippen molar-refractivity contribution in [3.05, 3.63) is 35.6 Å². The maximum Gasteiger partial charge on any atom is 0.256 e. The summed E-state index contributed by atoms with van der Waals surface area (Å²) in [6.07, 6.45) is 0. The fourth-order valence-electron chi connectivity index (χ4n) is 1.54. The minimum Gasteiger partial charge on any atom is -0.336 e. The van der Waals surface area contributed by atoms with Gasteiger partial charge in [-0.25, -0.2) is 4.39 Å². The van der Waals surface area contributed by atoms with Gasteiger partial charge in [0, 0.05) is 20.1 Å². The molecule has 1 fully saturated rings. The molecular weight excluding hydrogens is 231 g/mol. The van der Waals surface area contributed by atoms with E-state index < -0.39 is 5.82 Å². The minimum atomic E-state index is -0.457. The smallest absolute Gasteiger partial charge is 0.256 e. The zero-order chi connectivity index (χ0) is 10.8. The lowest BCUT2D eigenvalue weighted by molar-refractivity contribution is 0.0676. The number of hydrogen-bond acceptors (Lipinski definition) is 2. The minimum absolute atomic E-state index is 0. The van der Waals surface area contributed by atoms with Gasteiger partial charge < -0.3 is 10.2 Å². The number of rotatable bonds is 2. The lowest BCUT2D eigenvalue weighted by atomic mass is 10.1. The summed E-state index contributed by atoms with van der Waals surface area (Å²) in [4.78, 5) is 13.5. The van der Waals surface area contributed by atoms with Crippen LogP contribution in [0.1, 0.15) is 10.4 Å². The van der Waals surface area contributed by atoms with Gasteiger partial charge in [-0.05, 0) is 12.1 Å². The second-order valence-corrected chi connectivity index (χ2v) is 3.71. The van der Waals surface area contributed by atoms with Crippen LogP contribution in [0.2, 0.25) is 0 Å². The molecule has 0 bridgehead atoms. The summed E-state index contributed by atoms with van der Waals surface area (Å²) in [7, 11) is 1.71. The highest BCUT2D eigenvalue weighted by molar-refractivity contribution is 5.94. The lowest BCUT2D eigenvalue weighted by Gasteiger charge is -2.35. The Labute approximate surface area is 100 Å². The Kier molecular flexibility index (Phi) is 4.26. The predicted molar refractivity (Wildman–Crippen MR) is 62.4 cm³/mol. The predicted octanol–water partition coefficient (Wildman–Crippen LogP) is 1.29. The van der Waals surface area contributed by atoms with E-state index in [4.69, 9.17) is 0 Å². The van der Waals surface area contributed by atoms with Gasteiger partial charge in [-0.15, -0.1) is 12.4 Å². The molecule has 0 atom stereocenters. The third kappa shape index (κ3) is 2.33. The summed E-state index contributed by atoms with van der Waals surface area (Å²) >= 11 is 0. The third-order valence-electron chi connectivity index (χ3n) is 2.73. The van der Waals surface area contributed by atoms with Crippen molar-refractivity contribution < 1.29 is 9.18 Å². The van der Waals surface area contributed by atoms with Gasteiger partial charge in [0.1, 0.15) is 5.82 Å². The largest absolute Gasteiger partial charge is 0.336 e. The van der Waals surface area contributed by atoms with E-state index in [1.807, 2.05) is 0 Å². The fraction of sp³-hybridized carbons (Fsp3) is 0.364. The summed E-state index contributed by atoms with van der Waals surface area (Å²) in [6, 6.07) is 6.26. The molecule has 1 amide bonds. The number of likely N-dealkylation sites (N-methyl/N-ethyl adjacent to an activating group) is 1. The van der Waals surface area contributed by atoms with Crippen LogP contribution >= 0.6 is 12.4 Å². The SMILES string of the molecule is CN(C(=O)c1ccccc1F)C1CNC1.Cl. The second-order valence-electron chi connectivity index (χ2n) is 3.71. The average Bonchev–Trinajstić information content (AvgIpc) is 2.15. The van der Waals surface area contributed by atoms with Gasteiger partial charge in [0.25, 0.3) is 5.91 Å². The summed E-state index contributed by atoms with van der Waals surface area (Å²) in [5.41, 5.74) is 0.145. The van der Waals surface area contributed by atoms with Crippen LogP contribution < -0.4 is 5.32 Å². The molecule has 16 heavy (non-hydrogen) atoms. The standard InChI is InChI=1S/C11H13FN2O.ClH/c1-14(8-6-13-7-8)11(15)9-4-2-3-5-10(9)12;/h2-5,8,13H,6-7H2,1H3;1H. The van der Waals surface area contributed by atoms with Gasteiger partial charge in [-0.2, -0.15) is 0 Å². The molecule has 1 N–H and O–H groups in total. The number of benzene rings is 1. The van der Waals surface area contributed by atoms with Crippen LogP contribution in [0, 0.1) is 5.82 Å². The Morgan fingerprint density at radius 2 is 2.06 bits per heavy atom. The van der Waals surface area contributed by atoms with Crippen molar-refractivity contribution in [2.75, 3.05) is 20.1 Å². The van der Waals surface area contributed by atoms with Gasteiger partial charge >= 0.3 is 0 Å². The number of halogens is 2. The molecule has 0 spiro atoms. The molecule has 1 heterocycles. The Bertz CT molecular complexity index is 382. The lowest BCUT2D eigenvalue weighted by Crippen LogP contribution is -2.57. The fourth-order valence-corrected chi connectivity index (χ4v) is 1.54. The molecular formula is C11H14ClFN2O. The molecule has 88 valence electrons. The van der Waals surface area contributed by atoms with Crippen LogP contribution in [0.5, 0.6) is 0 Å². The molecule has 1 saturated heterocycles. The number of amides is 1. The number of hydrogen-bond donors (Lipinski definition) is 1. The summed E-state index contributed by atoms with van der Waals surface area (Å²) in [5, 5.41) is 3.08. The van der Waals surface area contributed by atoms with Crippen LogP contribution in [0.15, 0.2) is 24.3 Å². The molecule has 5 heteroatoms. The van der Waals surface area contributed by atoms with E-state index in [-0.39, 0.29) is 29.9 Å². The van der Waals surface area contributed by atoms with Crippen molar-refractivity contribution in [1.82, 2.24) is 10.2 Å². The Morgan fingerprint density at radius 1 is 1.44 bits per heavy atom. The zero-order valence-electron chi connectivity index (χ0n) is 8.94. The van der Waals surface area contributed by atoms with Crippen LogP contribution in [-0.4, -0.2) is 37.0 Å². The normalized spacial score (nSPS) is 14.9. The molecule has 0 aliphatic carbocycles. The van der Waals surface area contributed by atoms with E-state index in [2.05, 4.69) is 5.32 Å². The Hall–Kier alpha value is -1.13.